The number of nitrogens with zero attached hydrogens (tertiary/aromatic N) is 12. The van der Waals surface area contributed by atoms with Crippen LogP contribution in [0.5, 0.6) is 23.0 Å². The highest BCUT2D eigenvalue weighted by atomic mass is 32.1. The Morgan fingerprint density at radius 1 is 0.328 bits per heavy atom. The van der Waals surface area contributed by atoms with Gasteiger partial charge >= 0.3 is 0 Å². The maximum absolute atomic E-state index is 9.52. The number of methoxy groups -OCH3 is 2. The minimum absolute atomic E-state index is 0.0130. The summed E-state index contributed by atoms with van der Waals surface area (Å²) in [7, 11) is 3.44. The van der Waals surface area contributed by atoms with E-state index in [0.717, 1.165) is 164 Å². The average Bonchev–Trinajstić information content (AvgIpc) is 1.65. The fraction of sp³-hybridized carbons (Fsp3) is 0.375. The first-order valence-corrected chi connectivity index (χ1v) is 45.3. The lowest BCUT2D eigenvalue weighted by atomic mass is 10.0. The molecule has 0 saturated heterocycles. The van der Waals surface area contributed by atoms with Gasteiger partial charge in [0.1, 0.15) is 87.3 Å². The van der Waals surface area contributed by atoms with Crippen molar-refractivity contribution in [2.24, 2.45) is 0 Å². The van der Waals surface area contributed by atoms with E-state index in [1.807, 2.05) is 128 Å². The molecule has 0 amide bonds. The molecule has 16 rings (SSSR count). The third-order valence-corrected chi connectivity index (χ3v) is 25.2. The highest BCUT2D eigenvalue weighted by molar-refractivity contribution is 7.19. The zero-order valence-electron chi connectivity index (χ0n) is 71.2. The number of benzene rings is 8. The molecule has 122 heavy (non-hydrogen) atoms. The minimum Gasteiger partial charge on any atom is -0.490 e. The minimum atomic E-state index is 0.0130. The van der Waals surface area contributed by atoms with Crippen molar-refractivity contribution in [2.45, 2.75) is 182 Å². The fourth-order valence-electron chi connectivity index (χ4n) is 15.8. The molecule has 8 aromatic carbocycles. The second kappa shape index (κ2) is 42.6. The van der Waals surface area contributed by atoms with Crippen LogP contribution in [-0.2, 0) is 35.2 Å². The number of hydrogen-bond donors (Lipinski definition) is 4. The van der Waals surface area contributed by atoms with Crippen LogP contribution in [0.1, 0.15) is 199 Å². The van der Waals surface area contributed by atoms with Crippen LogP contribution >= 0.6 is 45.3 Å². The highest BCUT2D eigenvalue weighted by Crippen LogP contribution is 2.46. The molecule has 0 saturated carbocycles. The Kier molecular flexibility index (Phi) is 31.0. The van der Waals surface area contributed by atoms with Crippen LogP contribution in [0.2, 0.25) is 0 Å². The fourth-order valence-corrected chi connectivity index (χ4v) is 19.4. The summed E-state index contributed by atoms with van der Waals surface area (Å²) in [5.74, 6) is 2.40. The van der Waals surface area contributed by atoms with Crippen LogP contribution in [-0.4, -0.2) is 119 Å². The van der Waals surface area contributed by atoms with Crippen molar-refractivity contribution in [3.05, 3.63) is 212 Å². The molecule has 0 radical (unpaired) electrons. The normalized spacial score (nSPS) is 15.2. The second-order valence-corrected chi connectivity index (χ2v) is 35.2. The number of fused-ring (bicyclic) bond motifs is 4. The Bertz CT molecular complexity index is 5420. The van der Waals surface area contributed by atoms with Gasteiger partial charge in [-0.15, -0.1) is 40.8 Å². The van der Waals surface area contributed by atoms with E-state index < -0.39 is 0 Å². The lowest BCUT2D eigenvalue weighted by Gasteiger charge is -2.14. The van der Waals surface area contributed by atoms with Gasteiger partial charge < -0.3 is 49.7 Å². The van der Waals surface area contributed by atoms with Gasteiger partial charge in [0.2, 0.25) is 0 Å². The Hall–Kier alpha value is -11.1. The molecule has 4 heterocycles. The molecule has 0 bridgehead atoms. The van der Waals surface area contributed by atoms with Crippen molar-refractivity contribution in [1.82, 2.24) is 62.1 Å². The van der Waals surface area contributed by atoms with Crippen LogP contribution in [0.15, 0.2) is 146 Å². The molecular formula is C96H104N16O6S4. The largest absolute Gasteiger partial charge is 0.490 e. The van der Waals surface area contributed by atoms with Gasteiger partial charge in [-0.3, -0.25) is 0 Å². The molecule has 0 aliphatic heterocycles. The third kappa shape index (κ3) is 21.5. The SMILES string of the molecule is CCCN[C@@H]1CCc2c(-c3nnc(-c4ccc(OC(C)C)c(C#N)c4)s3)cccc21.CCCN[C@H]1CCc2c(-c3nnc(-c4ccc(OC(C)C)c(C#N)c4)s3)cccc21.COCCN[C@@H]1CCc2c(-c3nnc(-c4ccc(OC(C)C)c(C#N)c4)s3)cccc21.COCCN[C@H]1CCc2c(-c3nnc(-c4ccc(OC(C)C)c(C#N)c4)s3)cccc21. The van der Waals surface area contributed by atoms with Crippen LogP contribution in [0.25, 0.3) is 84.6 Å². The van der Waals surface area contributed by atoms with Gasteiger partial charge in [-0.2, -0.15) is 21.0 Å². The van der Waals surface area contributed by atoms with E-state index in [1.54, 1.807) is 59.6 Å². The summed E-state index contributed by atoms with van der Waals surface area (Å²) >= 11 is 6.25. The molecule has 26 heteroatoms. The van der Waals surface area contributed by atoms with E-state index in [2.05, 4.69) is 173 Å². The van der Waals surface area contributed by atoms with E-state index >= 15 is 0 Å². The zero-order valence-corrected chi connectivity index (χ0v) is 74.5. The predicted molar refractivity (Wildman–Crippen MR) is 486 cm³/mol. The number of aromatic nitrogens is 8. The molecule has 4 atom stereocenters. The number of rotatable bonds is 30. The van der Waals surface area contributed by atoms with Gasteiger partial charge in [0.25, 0.3) is 0 Å². The summed E-state index contributed by atoms with van der Waals surface area (Å²) in [6.07, 6.45) is 10.9. The lowest BCUT2D eigenvalue weighted by molar-refractivity contribution is 0.195. The highest BCUT2D eigenvalue weighted by Gasteiger charge is 2.31. The van der Waals surface area contributed by atoms with Gasteiger partial charge in [0.05, 0.1) is 59.9 Å². The smallest absolute Gasteiger partial charge is 0.148 e. The van der Waals surface area contributed by atoms with Crippen LogP contribution in [0.4, 0.5) is 0 Å². The first kappa shape index (κ1) is 88.7. The number of nitrogens with one attached hydrogen (secondary N) is 4. The first-order valence-electron chi connectivity index (χ1n) is 42.0. The van der Waals surface area contributed by atoms with Gasteiger partial charge in [-0.25, -0.2) is 0 Å². The van der Waals surface area contributed by atoms with Crippen molar-refractivity contribution >= 4 is 45.3 Å². The third-order valence-electron chi connectivity index (χ3n) is 21.2. The summed E-state index contributed by atoms with van der Waals surface area (Å²) in [6, 6.07) is 58.8. The summed E-state index contributed by atoms with van der Waals surface area (Å²) in [5.41, 5.74) is 21.2. The van der Waals surface area contributed by atoms with Crippen molar-refractivity contribution < 1.29 is 28.4 Å². The van der Waals surface area contributed by atoms with E-state index in [1.165, 1.54) is 55.6 Å². The van der Waals surface area contributed by atoms with Crippen molar-refractivity contribution in [1.29, 1.82) is 21.0 Å². The Morgan fingerprint density at radius 2 is 0.557 bits per heavy atom. The van der Waals surface area contributed by atoms with Crippen molar-refractivity contribution in [2.75, 3.05) is 53.6 Å². The zero-order chi connectivity index (χ0) is 85.8. The van der Waals surface area contributed by atoms with Crippen LogP contribution < -0.4 is 40.2 Å². The Morgan fingerprint density at radius 3 is 0.770 bits per heavy atom. The monoisotopic (exact) mass is 1700 g/mol. The van der Waals surface area contributed by atoms with E-state index in [-0.39, 0.29) is 24.4 Å². The van der Waals surface area contributed by atoms with Crippen LogP contribution in [0, 0.1) is 45.3 Å². The van der Waals surface area contributed by atoms with E-state index in [0.29, 0.717) is 82.6 Å². The quantitative estimate of drug-likeness (QED) is 0.0304. The summed E-state index contributed by atoms with van der Waals surface area (Å²) < 4.78 is 33.2. The maximum Gasteiger partial charge on any atom is 0.148 e. The average molecular weight is 1710 g/mol. The summed E-state index contributed by atoms with van der Waals surface area (Å²) in [6.45, 7) is 25.1. The van der Waals surface area contributed by atoms with Gasteiger partial charge in [-0.05, 0) is 250 Å². The molecule has 12 aromatic rings. The van der Waals surface area contributed by atoms with E-state index in [4.69, 9.17) is 28.4 Å². The topological polar surface area (TPSA) is 302 Å². The van der Waals surface area contributed by atoms with Crippen LogP contribution in [0.3, 0.4) is 0 Å². The number of hydrogen-bond acceptors (Lipinski definition) is 26. The van der Waals surface area contributed by atoms with Gasteiger partial charge in [0.15, 0.2) is 0 Å². The van der Waals surface area contributed by atoms with Crippen molar-refractivity contribution in [3.63, 3.8) is 0 Å². The maximum atomic E-state index is 9.52. The molecule has 4 aliphatic rings. The number of nitriles is 4. The van der Waals surface area contributed by atoms with E-state index in [9.17, 15) is 21.0 Å². The molecule has 0 fully saturated rings. The number of ether oxygens (including phenoxy) is 6. The first-order chi connectivity index (χ1) is 59.4. The molecule has 0 unspecified atom stereocenters. The molecule has 22 nitrogen and oxygen atoms in total. The lowest BCUT2D eigenvalue weighted by Crippen LogP contribution is -2.23. The van der Waals surface area contributed by atoms with Gasteiger partial charge in [-0.1, -0.05) is 132 Å². The summed E-state index contributed by atoms with van der Waals surface area (Å²) in [5, 5.41) is 95.0. The predicted octanol–water partition coefficient (Wildman–Crippen LogP) is 20.5. The Balaban J connectivity index is 0.000000140. The molecule has 0 spiro atoms. The Labute approximate surface area is 731 Å². The molecule has 4 aromatic heterocycles. The molecule has 628 valence electrons. The standard InChI is InChI=1S/2C24H26N4O2S.2C24H26N4OS/c2*1-15(2)30-22-10-7-16(13-17(22)14-25)23-27-28-24(31-23)20-6-4-5-19-18(20)8-9-21(19)26-11-12-29-3;2*1-4-12-26-21-10-9-18-19(21)6-5-7-20(18)24-28-27-23(30-24)16-8-11-22(29-15(2)3)17(13-16)14-25/h2*4-7,10,13,15,21,26H,8-9,11-12H2,1-3H3;2*5-8,11,13,15,21,26H,4,9-10,12H2,1-3H3/t4*21-/m1010/s1. The van der Waals surface area contributed by atoms with Crippen molar-refractivity contribution in [3.8, 4) is 132 Å². The second-order valence-electron chi connectivity index (χ2n) is 31.3. The molecule has 4 aliphatic carbocycles. The van der Waals surface area contributed by atoms with Gasteiger partial charge in [0, 0.05) is 96.0 Å². The summed E-state index contributed by atoms with van der Waals surface area (Å²) in [4.78, 5) is 0. The molecule has 4 N–H and O–H groups in total. The molecular weight excluding hydrogens is 1600 g/mol.